The normalized spacial score (nSPS) is 15.8. The zero-order chi connectivity index (χ0) is 18.7. The van der Waals surface area contributed by atoms with Crippen molar-refractivity contribution in [1.82, 2.24) is 9.21 Å². The molecule has 138 valence electrons. The van der Waals surface area contributed by atoms with Gasteiger partial charge in [-0.05, 0) is 42.7 Å². The Bertz CT molecular complexity index is 887. The van der Waals surface area contributed by atoms with Gasteiger partial charge < -0.3 is 4.90 Å². The van der Waals surface area contributed by atoms with Gasteiger partial charge in [-0.3, -0.25) is 4.79 Å². The van der Waals surface area contributed by atoms with Gasteiger partial charge in [0.15, 0.2) is 0 Å². The van der Waals surface area contributed by atoms with E-state index in [4.69, 9.17) is 0 Å². The van der Waals surface area contributed by atoms with Gasteiger partial charge in [-0.1, -0.05) is 36.4 Å². The fourth-order valence-corrected chi connectivity index (χ4v) is 4.62. The highest BCUT2D eigenvalue weighted by molar-refractivity contribution is 7.88. The minimum absolute atomic E-state index is 0.00105. The van der Waals surface area contributed by atoms with Gasteiger partial charge in [-0.15, -0.1) is 0 Å². The molecular formula is C20H24N2O3S. The van der Waals surface area contributed by atoms with Crippen LogP contribution in [-0.4, -0.2) is 49.7 Å². The Morgan fingerprint density at radius 1 is 0.923 bits per heavy atom. The number of benzene rings is 2. The lowest BCUT2D eigenvalue weighted by atomic mass is 10.1. The molecule has 1 saturated heterocycles. The summed E-state index contributed by atoms with van der Waals surface area (Å²) in [6, 6.07) is 14.9. The first-order valence-electron chi connectivity index (χ1n) is 8.75. The molecule has 6 heteroatoms. The van der Waals surface area contributed by atoms with Crippen LogP contribution in [0.3, 0.4) is 0 Å². The molecule has 0 aromatic heterocycles. The van der Waals surface area contributed by atoms with Crippen LogP contribution in [0, 0.1) is 13.8 Å². The summed E-state index contributed by atoms with van der Waals surface area (Å²) in [4.78, 5) is 14.4. The number of sulfonamides is 1. The van der Waals surface area contributed by atoms with Crippen LogP contribution in [0.15, 0.2) is 48.5 Å². The third-order valence-electron chi connectivity index (χ3n) is 4.86. The van der Waals surface area contributed by atoms with Crippen LogP contribution in [0.4, 0.5) is 0 Å². The van der Waals surface area contributed by atoms with Crippen molar-refractivity contribution in [3.63, 3.8) is 0 Å². The van der Waals surface area contributed by atoms with Crippen LogP contribution < -0.4 is 0 Å². The van der Waals surface area contributed by atoms with Crippen molar-refractivity contribution in [3.05, 3.63) is 70.8 Å². The molecule has 0 spiro atoms. The van der Waals surface area contributed by atoms with E-state index in [9.17, 15) is 13.2 Å². The molecule has 1 aliphatic heterocycles. The van der Waals surface area contributed by atoms with Crippen LogP contribution >= 0.6 is 0 Å². The standard InChI is InChI=1S/C20H24N2O3S/c1-16-8-9-19(14-17(16)2)20(23)21-10-12-22(13-11-21)26(24,25)15-18-6-4-3-5-7-18/h3-9,14H,10-13,15H2,1-2H3. The summed E-state index contributed by atoms with van der Waals surface area (Å²) < 4.78 is 26.7. The molecule has 1 aliphatic rings. The van der Waals surface area contributed by atoms with Crippen molar-refractivity contribution in [1.29, 1.82) is 0 Å². The highest BCUT2D eigenvalue weighted by atomic mass is 32.2. The second kappa shape index (κ2) is 7.60. The fraction of sp³-hybridized carbons (Fsp3) is 0.350. The van der Waals surface area contributed by atoms with E-state index in [0.29, 0.717) is 31.7 Å². The van der Waals surface area contributed by atoms with Gasteiger partial charge in [0.05, 0.1) is 5.75 Å². The van der Waals surface area contributed by atoms with Crippen molar-refractivity contribution >= 4 is 15.9 Å². The summed E-state index contributed by atoms with van der Waals surface area (Å²) in [5.74, 6) is -0.0351. The van der Waals surface area contributed by atoms with E-state index in [1.807, 2.05) is 62.4 Å². The topological polar surface area (TPSA) is 57.7 Å². The first-order chi connectivity index (χ1) is 12.4. The number of aryl methyl sites for hydroxylation is 2. The van der Waals surface area contributed by atoms with E-state index >= 15 is 0 Å². The maximum atomic E-state index is 12.7. The molecular weight excluding hydrogens is 348 g/mol. The van der Waals surface area contributed by atoms with E-state index in [1.54, 1.807) is 4.90 Å². The van der Waals surface area contributed by atoms with Gasteiger partial charge in [0.2, 0.25) is 10.0 Å². The molecule has 0 N–H and O–H groups in total. The van der Waals surface area contributed by atoms with Gasteiger partial charge >= 0.3 is 0 Å². The number of carbonyl (C=O) groups is 1. The maximum absolute atomic E-state index is 12.7. The van der Waals surface area contributed by atoms with Gasteiger partial charge in [-0.25, -0.2) is 8.42 Å². The van der Waals surface area contributed by atoms with Crippen LogP contribution in [0.5, 0.6) is 0 Å². The summed E-state index contributed by atoms with van der Waals surface area (Å²) >= 11 is 0. The number of nitrogens with zero attached hydrogens (tertiary/aromatic N) is 2. The molecule has 2 aromatic rings. The molecule has 0 saturated carbocycles. The van der Waals surface area contributed by atoms with Crippen LogP contribution in [0.1, 0.15) is 27.0 Å². The molecule has 0 bridgehead atoms. The van der Waals surface area contributed by atoms with Crippen molar-refractivity contribution < 1.29 is 13.2 Å². The minimum atomic E-state index is -3.37. The second-order valence-electron chi connectivity index (χ2n) is 6.73. The molecule has 0 atom stereocenters. The van der Waals surface area contributed by atoms with Crippen molar-refractivity contribution in [3.8, 4) is 0 Å². The summed E-state index contributed by atoms with van der Waals surface area (Å²) in [7, 11) is -3.37. The van der Waals surface area contributed by atoms with Crippen molar-refractivity contribution in [2.45, 2.75) is 19.6 Å². The molecule has 26 heavy (non-hydrogen) atoms. The highest BCUT2D eigenvalue weighted by Crippen LogP contribution is 2.17. The molecule has 0 aliphatic carbocycles. The van der Waals surface area contributed by atoms with Gasteiger partial charge in [0.1, 0.15) is 0 Å². The molecule has 3 rings (SSSR count). The SMILES string of the molecule is Cc1ccc(C(=O)N2CCN(S(=O)(=O)Cc3ccccc3)CC2)cc1C. The summed E-state index contributed by atoms with van der Waals surface area (Å²) in [5.41, 5.74) is 3.67. The zero-order valence-electron chi connectivity index (χ0n) is 15.2. The van der Waals surface area contributed by atoms with Crippen LogP contribution in [0.2, 0.25) is 0 Å². The monoisotopic (exact) mass is 372 g/mol. The van der Waals surface area contributed by atoms with E-state index in [2.05, 4.69) is 0 Å². The average molecular weight is 372 g/mol. The number of hydrogen-bond donors (Lipinski definition) is 0. The largest absolute Gasteiger partial charge is 0.336 e. The van der Waals surface area contributed by atoms with Gasteiger partial charge in [0, 0.05) is 31.7 Å². The third-order valence-corrected chi connectivity index (χ3v) is 6.72. The number of carbonyl (C=O) groups excluding carboxylic acids is 1. The molecule has 5 nitrogen and oxygen atoms in total. The fourth-order valence-electron chi connectivity index (χ4n) is 3.10. The number of piperazine rings is 1. The van der Waals surface area contributed by atoms with E-state index in [0.717, 1.165) is 16.7 Å². The summed E-state index contributed by atoms with van der Waals surface area (Å²) in [5, 5.41) is 0. The van der Waals surface area contributed by atoms with Crippen LogP contribution in [0.25, 0.3) is 0 Å². The molecule has 1 heterocycles. The number of rotatable bonds is 4. The zero-order valence-corrected chi connectivity index (χ0v) is 16.0. The predicted octanol–water partition coefficient (Wildman–Crippen LogP) is 2.59. The summed E-state index contributed by atoms with van der Waals surface area (Å²) in [6.07, 6.45) is 0. The first-order valence-corrected chi connectivity index (χ1v) is 10.4. The second-order valence-corrected chi connectivity index (χ2v) is 8.70. The van der Waals surface area contributed by atoms with Crippen LogP contribution in [-0.2, 0) is 15.8 Å². The molecule has 0 unspecified atom stereocenters. The number of hydrogen-bond acceptors (Lipinski definition) is 3. The van der Waals surface area contributed by atoms with E-state index in [-0.39, 0.29) is 11.7 Å². The van der Waals surface area contributed by atoms with Crippen molar-refractivity contribution in [2.24, 2.45) is 0 Å². The smallest absolute Gasteiger partial charge is 0.253 e. The molecule has 2 aromatic carbocycles. The Balaban J connectivity index is 1.63. The molecule has 1 fully saturated rings. The van der Waals surface area contributed by atoms with Gasteiger partial charge in [0.25, 0.3) is 5.91 Å². The Kier molecular flexibility index (Phi) is 5.44. The quantitative estimate of drug-likeness (QED) is 0.829. The summed E-state index contributed by atoms with van der Waals surface area (Å²) in [6.45, 7) is 5.51. The lowest BCUT2D eigenvalue weighted by Gasteiger charge is -2.34. The highest BCUT2D eigenvalue weighted by Gasteiger charge is 2.29. The van der Waals surface area contributed by atoms with Crippen molar-refractivity contribution in [2.75, 3.05) is 26.2 Å². The lowest BCUT2D eigenvalue weighted by Crippen LogP contribution is -2.50. The lowest BCUT2D eigenvalue weighted by molar-refractivity contribution is 0.0697. The van der Waals surface area contributed by atoms with Gasteiger partial charge in [-0.2, -0.15) is 4.31 Å². The Morgan fingerprint density at radius 2 is 1.58 bits per heavy atom. The van der Waals surface area contributed by atoms with E-state index in [1.165, 1.54) is 4.31 Å². The predicted molar refractivity (Wildman–Crippen MR) is 102 cm³/mol. The average Bonchev–Trinajstić information content (AvgIpc) is 2.64. The third kappa shape index (κ3) is 4.14. The molecule has 1 amide bonds. The molecule has 0 radical (unpaired) electrons. The Morgan fingerprint density at radius 3 is 2.19 bits per heavy atom. The Hall–Kier alpha value is -2.18. The minimum Gasteiger partial charge on any atom is -0.336 e. The Labute approximate surface area is 155 Å². The first kappa shape index (κ1) is 18.6. The van der Waals surface area contributed by atoms with E-state index < -0.39 is 10.0 Å². The number of amides is 1. The maximum Gasteiger partial charge on any atom is 0.253 e.